The summed E-state index contributed by atoms with van der Waals surface area (Å²) in [6.07, 6.45) is 0.00844. The minimum atomic E-state index is -3.08. The highest BCUT2D eigenvalue weighted by atomic mass is 19.3. The fourth-order valence-electron chi connectivity index (χ4n) is 1.90. The lowest BCUT2D eigenvalue weighted by atomic mass is 10.1. The van der Waals surface area contributed by atoms with Crippen LogP contribution in [0.25, 0.3) is 0 Å². The van der Waals surface area contributed by atoms with Crippen molar-refractivity contribution in [2.45, 2.75) is 33.0 Å². The second-order valence-corrected chi connectivity index (χ2v) is 5.04. The van der Waals surface area contributed by atoms with E-state index in [1.807, 2.05) is 6.92 Å². The van der Waals surface area contributed by atoms with Gasteiger partial charge in [-0.3, -0.25) is 0 Å². The minimum absolute atomic E-state index is 0.0232. The number of rotatable bonds is 7. The molecule has 0 aliphatic heterocycles. The summed E-state index contributed by atoms with van der Waals surface area (Å²) in [4.78, 5) is 11.7. The van der Waals surface area contributed by atoms with Crippen LogP contribution in [-0.4, -0.2) is 30.4 Å². The van der Waals surface area contributed by atoms with Crippen molar-refractivity contribution in [3.63, 3.8) is 0 Å². The number of ether oxygens (including phenoxy) is 1. The van der Waals surface area contributed by atoms with Gasteiger partial charge in [-0.2, -0.15) is 8.78 Å². The van der Waals surface area contributed by atoms with Gasteiger partial charge < -0.3 is 20.5 Å². The first-order chi connectivity index (χ1) is 10.3. The van der Waals surface area contributed by atoms with Gasteiger partial charge in [0.15, 0.2) is 0 Å². The van der Waals surface area contributed by atoms with Crippen molar-refractivity contribution in [3.8, 4) is 5.75 Å². The van der Waals surface area contributed by atoms with E-state index >= 15 is 0 Å². The topological polar surface area (TPSA) is 70.6 Å². The summed E-state index contributed by atoms with van der Waals surface area (Å²) in [6.45, 7) is 0.662. The zero-order valence-corrected chi connectivity index (χ0v) is 12.3. The molecule has 1 rings (SSSR count). The fraction of sp³-hybridized carbons (Fsp3) is 0.500. The second-order valence-electron chi connectivity index (χ2n) is 5.04. The van der Waals surface area contributed by atoms with E-state index in [1.165, 1.54) is 0 Å². The predicted molar refractivity (Wildman–Crippen MR) is 75.5 cm³/mol. The van der Waals surface area contributed by atoms with Crippen molar-refractivity contribution in [2.75, 3.05) is 11.9 Å². The minimum Gasteiger partial charge on any atom is -0.433 e. The summed E-state index contributed by atoms with van der Waals surface area (Å²) in [5.41, 5.74) is -0.194. The standard InChI is InChI=1S/C14H19F3N2O3/c1-8(5-9(2)20)7-18-14(21)19-11-6-10(15)3-4-12(11)22-13(16)17/h3-4,6,8-9,13,20H,5,7H2,1-2H3,(H2,18,19,21). The van der Waals surface area contributed by atoms with Gasteiger partial charge in [0.05, 0.1) is 11.8 Å². The smallest absolute Gasteiger partial charge is 0.387 e. The largest absolute Gasteiger partial charge is 0.433 e. The molecule has 2 unspecified atom stereocenters. The molecule has 0 aliphatic carbocycles. The van der Waals surface area contributed by atoms with Crippen LogP contribution < -0.4 is 15.4 Å². The number of benzene rings is 1. The number of alkyl halides is 2. The van der Waals surface area contributed by atoms with Crippen LogP contribution >= 0.6 is 0 Å². The molecule has 0 saturated heterocycles. The van der Waals surface area contributed by atoms with Crippen LogP contribution in [0.3, 0.4) is 0 Å². The van der Waals surface area contributed by atoms with Crippen molar-refractivity contribution < 1.29 is 27.8 Å². The van der Waals surface area contributed by atoms with E-state index in [2.05, 4.69) is 15.4 Å². The van der Waals surface area contributed by atoms with Crippen molar-refractivity contribution in [2.24, 2.45) is 5.92 Å². The van der Waals surface area contributed by atoms with Gasteiger partial charge in [-0.15, -0.1) is 0 Å². The Morgan fingerprint density at radius 1 is 1.36 bits per heavy atom. The Bertz CT molecular complexity index is 498. The molecule has 1 aromatic rings. The first-order valence-corrected chi connectivity index (χ1v) is 6.75. The van der Waals surface area contributed by atoms with Crippen molar-refractivity contribution in [3.05, 3.63) is 24.0 Å². The molecule has 1 aromatic carbocycles. The summed E-state index contributed by atoms with van der Waals surface area (Å²) in [5, 5.41) is 14.0. The highest BCUT2D eigenvalue weighted by Crippen LogP contribution is 2.26. The SMILES string of the molecule is CC(O)CC(C)CNC(=O)Nc1cc(F)ccc1OC(F)F. The van der Waals surface area contributed by atoms with Crippen LogP contribution in [0.4, 0.5) is 23.7 Å². The van der Waals surface area contributed by atoms with Crippen molar-refractivity contribution in [1.82, 2.24) is 5.32 Å². The molecule has 2 amide bonds. The first-order valence-electron chi connectivity index (χ1n) is 6.75. The quantitative estimate of drug-likeness (QED) is 0.723. The van der Waals surface area contributed by atoms with Gasteiger partial charge in [0.2, 0.25) is 0 Å². The third kappa shape index (κ3) is 6.66. The Balaban J connectivity index is 2.61. The third-order valence-electron chi connectivity index (χ3n) is 2.76. The Hall–Kier alpha value is -1.96. The van der Waals surface area contributed by atoms with Crippen molar-refractivity contribution >= 4 is 11.7 Å². The first kappa shape index (κ1) is 18.1. The number of carbonyl (C=O) groups is 1. The molecule has 22 heavy (non-hydrogen) atoms. The number of amides is 2. The maximum Gasteiger partial charge on any atom is 0.387 e. The van der Waals surface area contributed by atoms with E-state index in [1.54, 1.807) is 6.92 Å². The number of urea groups is 1. The second kappa shape index (κ2) is 8.47. The number of nitrogens with one attached hydrogen (secondary N) is 2. The van der Waals surface area contributed by atoms with Gasteiger partial charge in [-0.25, -0.2) is 9.18 Å². The maximum atomic E-state index is 13.1. The number of aliphatic hydroxyl groups excluding tert-OH is 1. The number of hydrogen-bond acceptors (Lipinski definition) is 3. The Labute approximate surface area is 126 Å². The molecule has 3 N–H and O–H groups in total. The molecule has 0 bridgehead atoms. The van der Waals surface area contributed by atoms with Gasteiger partial charge in [0.25, 0.3) is 0 Å². The molecular formula is C14H19F3N2O3. The monoisotopic (exact) mass is 320 g/mol. The lowest BCUT2D eigenvalue weighted by Crippen LogP contribution is -2.33. The fourth-order valence-corrected chi connectivity index (χ4v) is 1.90. The molecule has 0 radical (unpaired) electrons. The van der Waals surface area contributed by atoms with Gasteiger partial charge in [-0.05, 0) is 31.4 Å². The van der Waals surface area contributed by atoms with E-state index in [4.69, 9.17) is 0 Å². The van der Waals surface area contributed by atoms with Crippen molar-refractivity contribution in [1.29, 1.82) is 0 Å². The van der Waals surface area contributed by atoms with Crippen LogP contribution in [0.2, 0.25) is 0 Å². The van der Waals surface area contributed by atoms with Crippen LogP contribution in [0.5, 0.6) is 5.75 Å². The molecule has 8 heteroatoms. The number of carbonyl (C=O) groups excluding carboxylic acids is 1. The predicted octanol–water partition coefficient (Wildman–Crippen LogP) is 2.96. The Kier molecular flexibility index (Phi) is 6.97. The third-order valence-corrected chi connectivity index (χ3v) is 2.76. The van der Waals surface area contributed by atoms with Crippen LogP contribution in [0.1, 0.15) is 20.3 Å². The molecule has 0 saturated carbocycles. The van der Waals surface area contributed by atoms with E-state index in [0.29, 0.717) is 6.42 Å². The molecule has 0 fully saturated rings. The maximum absolute atomic E-state index is 13.1. The van der Waals surface area contributed by atoms with E-state index < -0.39 is 24.6 Å². The zero-order chi connectivity index (χ0) is 16.7. The van der Waals surface area contributed by atoms with Gasteiger partial charge in [0.1, 0.15) is 11.6 Å². The van der Waals surface area contributed by atoms with Crippen LogP contribution in [0.15, 0.2) is 18.2 Å². The molecule has 0 spiro atoms. The molecule has 0 aliphatic rings. The summed E-state index contributed by atoms with van der Waals surface area (Å²) < 4.78 is 41.8. The highest BCUT2D eigenvalue weighted by Gasteiger charge is 2.14. The molecule has 0 heterocycles. The lowest BCUT2D eigenvalue weighted by Gasteiger charge is -2.16. The van der Waals surface area contributed by atoms with E-state index in [9.17, 15) is 23.1 Å². The normalized spacial score (nSPS) is 13.6. The lowest BCUT2D eigenvalue weighted by molar-refractivity contribution is -0.0494. The zero-order valence-electron chi connectivity index (χ0n) is 12.3. The number of hydrogen-bond donors (Lipinski definition) is 3. The summed E-state index contributed by atoms with van der Waals surface area (Å²) in [6, 6.07) is 2.16. The average molecular weight is 320 g/mol. The molecule has 2 atom stereocenters. The molecule has 124 valence electrons. The molecular weight excluding hydrogens is 301 g/mol. The highest BCUT2D eigenvalue weighted by molar-refractivity contribution is 5.90. The number of halogens is 3. The van der Waals surface area contributed by atoms with Gasteiger partial charge in [-0.1, -0.05) is 6.92 Å². The molecule has 5 nitrogen and oxygen atoms in total. The number of aliphatic hydroxyl groups is 1. The number of anilines is 1. The van der Waals surface area contributed by atoms with Gasteiger partial charge in [0, 0.05) is 12.6 Å². The molecule has 0 aromatic heterocycles. The summed E-state index contributed by atoms with van der Waals surface area (Å²) in [7, 11) is 0. The summed E-state index contributed by atoms with van der Waals surface area (Å²) >= 11 is 0. The van der Waals surface area contributed by atoms with Gasteiger partial charge >= 0.3 is 12.6 Å². The average Bonchev–Trinajstić information content (AvgIpc) is 2.38. The van der Waals surface area contributed by atoms with Crippen LogP contribution in [0, 0.1) is 11.7 Å². The van der Waals surface area contributed by atoms with Crippen LogP contribution in [-0.2, 0) is 0 Å². The Morgan fingerprint density at radius 3 is 2.64 bits per heavy atom. The summed E-state index contributed by atoms with van der Waals surface area (Å²) in [5.74, 6) is -1.00. The Morgan fingerprint density at radius 2 is 2.05 bits per heavy atom. The van der Waals surface area contributed by atoms with E-state index in [0.717, 1.165) is 18.2 Å². The van der Waals surface area contributed by atoms with E-state index in [-0.39, 0.29) is 23.9 Å².